The number of para-hydroxylation sites is 1. The Balaban J connectivity index is 1.64. The Labute approximate surface area is 191 Å². The molecule has 1 aliphatic rings. The molecule has 1 aliphatic heterocycles. The molecule has 0 saturated heterocycles. The second-order valence-electron chi connectivity index (χ2n) is 8.32. The second-order valence-corrected chi connectivity index (χ2v) is 10.3. The minimum Gasteiger partial charge on any atom is -0.348 e. The minimum atomic E-state index is -3.51. The first-order chi connectivity index (χ1) is 15.6. The SMILES string of the molecule is Cc1cnc(Nc2cc3c(cc2F)CNC3=O)nc1Nc1ccccc1S(=O)(=O)CC(C)C. The molecule has 0 radical (unpaired) electrons. The van der Waals surface area contributed by atoms with Crippen molar-refractivity contribution >= 4 is 38.9 Å². The fourth-order valence-electron chi connectivity index (χ4n) is 3.59. The van der Waals surface area contributed by atoms with Crippen molar-refractivity contribution in [2.75, 3.05) is 16.4 Å². The van der Waals surface area contributed by atoms with E-state index in [2.05, 4.69) is 25.9 Å². The van der Waals surface area contributed by atoms with Gasteiger partial charge in [0.05, 0.1) is 22.0 Å². The van der Waals surface area contributed by atoms with Crippen LogP contribution in [0.25, 0.3) is 0 Å². The predicted octanol–water partition coefficient (Wildman–Crippen LogP) is 4.08. The van der Waals surface area contributed by atoms with E-state index in [4.69, 9.17) is 0 Å². The molecule has 0 unspecified atom stereocenters. The van der Waals surface area contributed by atoms with E-state index < -0.39 is 15.7 Å². The standard InChI is InChI=1S/C23H24FN5O3S/c1-13(2)12-33(31,32)20-7-5-4-6-18(20)27-21-14(3)10-26-23(29-21)28-19-9-16-15(8-17(19)24)11-25-22(16)30/h4-10,13H,11-12H2,1-3H3,(H,25,30)(H2,26,27,28,29). The van der Waals surface area contributed by atoms with Crippen molar-refractivity contribution in [1.82, 2.24) is 15.3 Å². The monoisotopic (exact) mass is 469 g/mol. The quantitative estimate of drug-likeness (QED) is 0.478. The summed E-state index contributed by atoms with van der Waals surface area (Å²) >= 11 is 0. The summed E-state index contributed by atoms with van der Waals surface area (Å²) in [4.78, 5) is 20.7. The Morgan fingerprint density at radius 2 is 1.91 bits per heavy atom. The summed E-state index contributed by atoms with van der Waals surface area (Å²) < 4.78 is 40.2. The number of fused-ring (bicyclic) bond motifs is 1. The number of nitrogens with zero attached hydrogens (tertiary/aromatic N) is 2. The molecule has 0 aliphatic carbocycles. The lowest BCUT2D eigenvalue weighted by molar-refractivity contribution is 0.0965. The van der Waals surface area contributed by atoms with Crippen LogP contribution in [0.15, 0.2) is 47.5 Å². The molecular formula is C23H24FN5O3S. The summed E-state index contributed by atoms with van der Waals surface area (Å²) in [6.07, 6.45) is 1.54. The minimum absolute atomic E-state index is 0.0203. The number of anilines is 4. The fraction of sp³-hybridized carbons (Fsp3) is 0.261. The van der Waals surface area contributed by atoms with Crippen LogP contribution < -0.4 is 16.0 Å². The van der Waals surface area contributed by atoms with Crippen molar-refractivity contribution < 1.29 is 17.6 Å². The van der Waals surface area contributed by atoms with E-state index in [1.807, 2.05) is 13.8 Å². The second kappa shape index (κ2) is 8.78. The first-order valence-corrected chi connectivity index (χ1v) is 12.1. The van der Waals surface area contributed by atoms with Gasteiger partial charge in [-0.25, -0.2) is 17.8 Å². The van der Waals surface area contributed by atoms with E-state index in [1.165, 1.54) is 12.1 Å². The van der Waals surface area contributed by atoms with Crippen molar-refractivity contribution in [3.63, 3.8) is 0 Å². The van der Waals surface area contributed by atoms with Gasteiger partial charge in [0.25, 0.3) is 5.91 Å². The van der Waals surface area contributed by atoms with Crippen molar-refractivity contribution in [2.24, 2.45) is 5.92 Å². The number of carbonyl (C=O) groups is 1. The first kappa shape index (κ1) is 22.7. The van der Waals surface area contributed by atoms with Gasteiger partial charge < -0.3 is 16.0 Å². The van der Waals surface area contributed by atoms with E-state index in [1.54, 1.807) is 37.4 Å². The number of halogens is 1. The van der Waals surface area contributed by atoms with Gasteiger partial charge in [-0.15, -0.1) is 0 Å². The average Bonchev–Trinajstić information content (AvgIpc) is 3.09. The highest BCUT2D eigenvalue weighted by Gasteiger charge is 2.23. The van der Waals surface area contributed by atoms with Crippen molar-refractivity contribution in [3.8, 4) is 0 Å². The van der Waals surface area contributed by atoms with Crippen LogP contribution >= 0.6 is 0 Å². The number of amides is 1. The molecule has 2 aromatic carbocycles. The van der Waals surface area contributed by atoms with Crippen LogP contribution in [0.4, 0.5) is 27.5 Å². The average molecular weight is 470 g/mol. The van der Waals surface area contributed by atoms with Crippen LogP contribution in [0, 0.1) is 18.7 Å². The van der Waals surface area contributed by atoms with Gasteiger partial charge in [-0.1, -0.05) is 26.0 Å². The van der Waals surface area contributed by atoms with E-state index >= 15 is 0 Å². The molecule has 0 spiro atoms. The molecule has 8 nitrogen and oxygen atoms in total. The molecular weight excluding hydrogens is 445 g/mol. The van der Waals surface area contributed by atoms with Gasteiger partial charge in [0.15, 0.2) is 9.84 Å². The van der Waals surface area contributed by atoms with Gasteiger partial charge in [0.2, 0.25) is 5.95 Å². The lowest BCUT2D eigenvalue weighted by atomic mass is 10.1. The van der Waals surface area contributed by atoms with Gasteiger partial charge in [0, 0.05) is 23.9 Å². The Morgan fingerprint density at radius 1 is 1.15 bits per heavy atom. The molecule has 33 heavy (non-hydrogen) atoms. The van der Waals surface area contributed by atoms with E-state index in [0.29, 0.717) is 34.7 Å². The number of benzene rings is 2. The zero-order valence-electron chi connectivity index (χ0n) is 18.4. The van der Waals surface area contributed by atoms with Crippen LogP contribution in [0.2, 0.25) is 0 Å². The summed E-state index contributed by atoms with van der Waals surface area (Å²) in [5, 5.41) is 8.55. The first-order valence-electron chi connectivity index (χ1n) is 10.4. The zero-order chi connectivity index (χ0) is 23.8. The maximum atomic E-state index is 14.5. The molecule has 0 fully saturated rings. The third-order valence-corrected chi connectivity index (χ3v) is 7.25. The number of rotatable bonds is 7. The number of sulfone groups is 1. The number of hydrogen-bond acceptors (Lipinski definition) is 7. The Hall–Kier alpha value is -3.53. The zero-order valence-corrected chi connectivity index (χ0v) is 19.3. The summed E-state index contributed by atoms with van der Waals surface area (Å²) in [6, 6.07) is 9.36. The van der Waals surface area contributed by atoms with Gasteiger partial charge in [-0.3, -0.25) is 4.79 Å². The highest BCUT2D eigenvalue weighted by Crippen LogP contribution is 2.29. The molecule has 2 heterocycles. The highest BCUT2D eigenvalue weighted by atomic mass is 32.2. The number of nitrogens with one attached hydrogen (secondary N) is 3. The molecule has 10 heteroatoms. The summed E-state index contributed by atoms with van der Waals surface area (Å²) in [6.45, 7) is 5.76. The Bertz CT molecular complexity index is 1340. The van der Waals surface area contributed by atoms with E-state index in [0.717, 1.165) is 0 Å². The molecule has 1 aromatic heterocycles. The van der Waals surface area contributed by atoms with Gasteiger partial charge in [-0.2, -0.15) is 4.98 Å². The fourth-order valence-corrected chi connectivity index (χ4v) is 5.38. The molecule has 1 amide bonds. The summed E-state index contributed by atoms with van der Waals surface area (Å²) in [5.74, 6) is -0.328. The molecule has 3 N–H and O–H groups in total. The number of aryl methyl sites for hydroxylation is 1. The van der Waals surface area contributed by atoms with Gasteiger partial charge in [0.1, 0.15) is 11.6 Å². The molecule has 172 valence electrons. The lowest BCUT2D eigenvalue weighted by Crippen LogP contribution is -2.14. The van der Waals surface area contributed by atoms with E-state index in [9.17, 15) is 17.6 Å². The largest absolute Gasteiger partial charge is 0.348 e. The third-order valence-electron chi connectivity index (χ3n) is 5.12. The van der Waals surface area contributed by atoms with Gasteiger partial charge in [-0.05, 0) is 42.7 Å². The third kappa shape index (κ3) is 4.80. The topological polar surface area (TPSA) is 113 Å². The van der Waals surface area contributed by atoms with Crippen molar-refractivity contribution in [1.29, 1.82) is 0 Å². The van der Waals surface area contributed by atoms with Crippen LogP contribution in [0.3, 0.4) is 0 Å². The lowest BCUT2D eigenvalue weighted by Gasteiger charge is -2.15. The Kier molecular flexibility index (Phi) is 6.03. The normalized spacial score (nSPS) is 13.1. The highest BCUT2D eigenvalue weighted by molar-refractivity contribution is 7.91. The maximum Gasteiger partial charge on any atom is 0.251 e. The molecule has 0 bridgehead atoms. The molecule has 3 aromatic rings. The van der Waals surface area contributed by atoms with Crippen LogP contribution in [0.1, 0.15) is 35.3 Å². The van der Waals surface area contributed by atoms with Crippen LogP contribution in [0.5, 0.6) is 0 Å². The number of carbonyl (C=O) groups excluding carboxylic acids is 1. The molecule has 0 saturated carbocycles. The maximum absolute atomic E-state index is 14.5. The van der Waals surface area contributed by atoms with E-state index in [-0.39, 0.29) is 34.1 Å². The van der Waals surface area contributed by atoms with Crippen LogP contribution in [-0.4, -0.2) is 30.0 Å². The summed E-state index contributed by atoms with van der Waals surface area (Å²) in [5.41, 5.74) is 2.13. The smallest absolute Gasteiger partial charge is 0.251 e. The van der Waals surface area contributed by atoms with Crippen molar-refractivity contribution in [3.05, 3.63) is 65.1 Å². The van der Waals surface area contributed by atoms with Gasteiger partial charge >= 0.3 is 0 Å². The van der Waals surface area contributed by atoms with Crippen LogP contribution in [-0.2, 0) is 16.4 Å². The summed E-state index contributed by atoms with van der Waals surface area (Å²) in [7, 11) is -3.51. The van der Waals surface area contributed by atoms with Crippen molar-refractivity contribution in [2.45, 2.75) is 32.2 Å². The molecule has 4 rings (SSSR count). The molecule has 0 atom stereocenters. The predicted molar refractivity (Wildman–Crippen MR) is 124 cm³/mol. The Morgan fingerprint density at radius 3 is 2.67 bits per heavy atom. The number of hydrogen-bond donors (Lipinski definition) is 3. The number of aromatic nitrogens is 2.